The number of imidazole rings is 1. The van der Waals surface area contributed by atoms with Gasteiger partial charge in [0.1, 0.15) is 5.82 Å². The van der Waals surface area contributed by atoms with Crippen LogP contribution in [0.15, 0.2) is 52.0 Å². The van der Waals surface area contributed by atoms with Crippen LogP contribution in [0.3, 0.4) is 0 Å². The number of allylic oxidation sites excluding steroid dienone is 1. The SMILES string of the molecule is CC1=CC(c2nc(C(F)(F)F)cn2-c2ccc(S(N)(=O)=O)cc2)CN=C1. The van der Waals surface area contributed by atoms with Gasteiger partial charge in [-0.3, -0.25) is 4.99 Å². The molecule has 2 heterocycles. The van der Waals surface area contributed by atoms with E-state index < -0.39 is 27.8 Å². The Kier molecular flexibility index (Phi) is 4.49. The predicted octanol–water partition coefficient (Wildman–Crippen LogP) is 2.65. The molecule has 26 heavy (non-hydrogen) atoms. The van der Waals surface area contributed by atoms with E-state index >= 15 is 0 Å². The van der Waals surface area contributed by atoms with Gasteiger partial charge in [0.2, 0.25) is 10.0 Å². The number of dihydropyridines is 1. The fourth-order valence-corrected chi connectivity index (χ4v) is 3.19. The molecule has 0 amide bonds. The lowest BCUT2D eigenvalue weighted by molar-refractivity contribution is -0.141. The molecule has 1 aliphatic heterocycles. The summed E-state index contributed by atoms with van der Waals surface area (Å²) in [7, 11) is -3.89. The highest BCUT2D eigenvalue weighted by atomic mass is 32.2. The number of hydrogen-bond acceptors (Lipinski definition) is 4. The summed E-state index contributed by atoms with van der Waals surface area (Å²) in [4.78, 5) is 7.78. The number of aromatic nitrogens is 2. The van der Waals surface area contributed by atoms with Crippen molar-refractivity contribution in [2.45, 2.75) is 23.9 Å². The quantitative estimate of drug-likeness (QED) is 0.882. The van der Waals surface area contributed by atoms with Crippen molar-refractivity contribution in [2.24, 2.45) is 10.1 Å². The van der Waals surface area contributed by atoms with E-state index in [2.05, 4.69) is 9.98 Å². The van der Waals surface area contributed by atoms with Crippen molar-refractivity contribution in [3.63, 3.8) is 0 Å². The summed E-state index contributed by atoms with van der Waals surface area (Å²) in [5, 5.41) is 5.05. The number of benzene rings is 1. The third-order valence-corrected chi connectivity index (χ3v) is 4.79. The van der Waals surface area contributed by atoms with Crippen LogP contribution in [-0.2, 0) is 16.2 Å². The van der Waals surface area contributed by atoms with E-state index in [1.54, 1.807) is 19.2 Å². The average molecular weight is 384 g/mol. The molecule has 2 aromatic rings. The van der Waals surface area contributed by atoms with Crippen molar-refractivity contribution in [3.05, 3.63) is 53.6 Å². The molecule has 1 aromatic heterocycles. The fourth-order valence-electron chi connectivity index (χ4n) is 2.68. The molecule has 138 valence electrons. The number of hydrogen-bond donors (Lipinski definition) is 1. The molecule has 2 N–H and O–H groups in total. The standard InChI is InChI=1S/C16H15F3N4O2S/c1-10-6-11(8-21-7-10)15-22-14(16(17,18)19)9-23(15)12-2-4-13(5-3-12)26(20,24)25/h2-7,9,11H,8H2,1H3,(H2,20,24,25). The van der Waals surface area contributed by atoms with Crippen molar-refractivity contribution in [3.8, 4) is 5.69 Å². The Balaban J connectivity index is 2.11. The molecular weight excluding hydrogens is 369 g/mol. The maximum atomic E-state index is 13.1. The molecular formula is C16H15F3N4O2S. The van der Waals surface area contributed by atoms with E-state index in [9.17, 15) is 21.6 Å². The first-order valence-corrected chi connectivity index (χ1v) is 9.08. The van der Waals surface area contributed by atoms with Crippen LogP contribution >= 0.6 is 0 Å². The second-order valence-corrected chi connectivity index (χ2v) is 7.46. The zero-order chi connectivity index (χ0) is 19.1. The molecule has 1 aliphatic rings. The number of primary sulfonamides is 1. The first kappa shape index (κ1) is 18.3. The third kappa shape index (κ3) is 3.70. The summed E-state index contributed by atoms with van der Waals surface area (Å²) in [5.41, 5.74) is 0.147. The molecule has 0 aliphatic carbocycles. The van der Waals surface area contributed by atoms with Crippen molar-refractivity contribution in [2.75, 3.05) is 6.54 Å². The van der Waals surface area contributed by atoms with Gasteiger partial charge in [0.05, 0.1) is 17.4 Å². The Morgan fingerprint density at radius 1 is 1.23 bits per heavy atom. The van der Waals surface area contributed by atoms with Crippen LogP contribution in [0.25, 0.3) is 5.69 Å². The minimum atomic E-state index is -4.60. The maximum Gasteiger partial charge on any atom is 0.434 e. The number of alkyl halides is 3. The van der Waals surface area contributed by atoms with Gasteiger partial charge in [-0.05, 0) is 36.8 Å². The first-order chi connectivity index (χ1) is 12.1. The van der Waals surface area contributed by atoms with Crippen molar-refractivity contribution in [1.29, 1.82) is 0 Å². The van der Waals surface area contributed by atoms with E-state index in [1.807, 2.05) is 0 Å². The van der Waals surface area contributed by atoms with Gasteiger partial charge < -0.3 is 4.57 Å². The normalized spacial score (nSPS) is 18.0. The Morgan fingerprint density at radius 3 is 2.42 bits per heavy atom. The topological polar surface area (TPSA) is 90.3 Å². The number of halogens is 3. The van der Waals surface area contributed by atoms with E-state index in [0.717, 1.165) is 11.8 Å². The Bertz CT molecular complexity index is 989. The molecule has 0 radical (unpaired) electrons. The zero-order valence-corrected chi connectivity index (χ0v) is 14.4. The smallest absolute Gasteiger partial charge is 0.303 e. The van der Waals surface area contributed by atoms with Gasteiger partial charge in [0.25, 0.3) is 0 Å². The number of aliphatic imine (C=N–C) groups is 1. The van der Waals surface area contributed by atoms with Crippen LogP contribution < -0.4 is 5.14 Å². The monoisotopic (exact) mass is 384 g/mol. The minimum absolute atomic E-state index is 0.128. The highest BCUT2D eigenvalue weighted by Gasteiger charge is 2.36. The largest absolute Gasteiger partial charge is 0.434 e. The number of sulfonamides is 1. The molecule has 0 spiro atoms. The predicted molar refractivity (Wildman–Crippen MR) is 89.8 cm³/mol. The van der Waals surface area contributed by atoms with Crippen molar-refractivity contribution >= 4 is 16.2 Å². The molecule has 0 saturated heterocycles. The summed E-state index contributed by atoms with van der Waals surface area (Å²) in [5.74, 6) is -0.245. The van der Waals surface area contributed by atoms with Crippen LogP contribution in [0.1, 0.15) is 24.4 Å². The van der Waals surface area contributed by atoms with Gasteiger partial charge in [-0.2, -0.15) is 13.2 Å². The summed E-state index contributed by atoms with van der Waals surface area (Å²) >= 11 is 0. The first-order valence-electron chi connectivity index (χ1n) is 7.53. The van der Waals surface area contributed by atoms with Crippen LogP contribution in [-0.4, -0.2) is 30.7 Å². The highest BCUT2D eigenvalue weighted by molar-refractivity contribution is 7.89. The molecule has 0 fully saturated rings. The fraction of sp³-hybridized carbons (Fsp3) is 0.250. The second kappa shape index (κ2) is 6.36. The Labute approximate surface area is 147 Å². The molecule has 10 heteroatoms. The molecule has 0 bridgehead atoms. The molecule has 1 aromatic carbocycles. The van der Waals surface area contributed by atoms with Gasteiger partial charge in [-0.1, -0.05) is 6.08 Å². The molecule has 6 nitrogen and oxygen atoms in total. The van der Waals surface area contributed by atoms with Crippen LogP contribution in [0.4, 0.5) is 13.2 Å². The Hall–Kier alpha value is -2.46. The van der Waals surface area contributed by atoms with Gasteiger partial charge in [0, 0.05) is 18.1 Å². The van der Waals surface area contributed by atoms with Crippen molar-refractivity contribution in [1.82, 2.24) is 9.55 Å². The molecule has 1 atom stereocenters. The van der Waals surface area contributed by atoms with Crippen LogP contribution in [0, 0.1) is 0 Å². The second-order valence-electron chi connectivity index (χ2n) is 5.90. The maximum absolute atomic E-state index is 13.1. The molecule has 0 saturated carbocycles. The third-order valence-electron chi connectivity index (χ3n) is 3.86. The van der Waals surface area contributed by atoms with Gasteiger partial charge >= 0.3 is 6.18 Å². The van der Waals surface area contributed by atoms with E-state index in [1.165, 1.54) is 28.8 Å². The van der Waals surface area contributed by atoms with Crippen LogP contribution in [0.5, 0.6) is 0 Å². The summed E-state index contributed by atoms with van der Waals surface area (Å²) < 4.78 is 63.4. The van der Waals surface area contributed by atoms with Gasteiger partial charge in [-0.25, -0.2) is 18.5 Å². The van der Waals surface area contributed by atoms with Crippen molar-refractivity contribution < 1.29 is 21.6 Å². The molecule has 1 unspecified atom stereocenters. The highest BCUT2D eigenvalue weighted by Crippen LogP contribution is 2.32. The Morgan fingerprint density at radius 2 is 1.88 bits per heavy atom. The van der Waals surface area contributed by atoms with Crippen LogP contribution in [0.2, 0.25) is 0 Å². The van der Waals surface area contributed by atoms with E-state index in [-0.39, 0.29) is 17.3 Å². The number of nitrogens with two attached hydrogens (primary N) is 1. The van der Waals surface area contributed by atoms with Gasteiger partial charge in [0.15, 0.2) is 5.69 Å². The zero-order valence-electron chi connectivity index (χ0n) is 13.6. The summed E-state index contributed by atoms with van der Waals surface area (Å²) in [6, 6.07) is 5.24. The lowest BCUT2D eigenvalue weighted by Gasteiger charge is -2.16. The van der Waals surface area contributed by atoms with Gasteiger partial charge in [-0.15, -0.1) is 0 Å². The summed E-state index contributed by atoms with van der Waals surface area (Å²) in [6.07, 6.45) is -0.264. The number of nitrogens with zero attached hydrogens (tertiary/aromatic N) is 3. The number of rotatable bonds is 3. The van der Waals surface area contributed by atoms with E-state index in [4.69, 9.17) is 5.14 Å². The average Bonchev–Trinajstić information content (AvgIpc) is 3.00. The van der Waals surface area contributed by atoms with E-state index in [0.29, 0.717) is 5.69 Å². The molecule has 3 rings (SSSR count). The summed E-state index contributed by atoms with van der Waals surface area (Å²) in [6.45, 7) is 2.08. The minimum Gasteiger partial charge on any atom is -0.303 e. The lowest BCUT2D eigenvalue weighted by Crippen LogP contribution is -2.13. The lowest BCUT2D eigenvalue weighted by atomic mass is 10.0.